The number of amides is 1. The molecule has 1 aromatic rings. The van der Waals surface area contributed by atoms with Gasteiger partial charge in [0.25, 0.3) is 0 Å². The summed E-state index contributed by atoms with van der Waals surface area (Å²) in [6.45, 7) is 3.98. The zero-order valence-electron chi connectivity index (χ0n) is 12.2. The van der Waals surface area contributed by atoms with E-state index in [1.165, 1.54) is 24.8 Å². The number of unbranched alkanes of at least 4 members (excludes halogenated alkanes) is 2. The molecule has 0 saturated carbocycles. The molecule has 4 heteroatoms. The third kappa shape index (κ3) is 5.14. The highest BCUT2D eigenvalue weighted by molar-refractivity contribution is 5.92. The van der Waals surface area contributed by atoms with Crippen LogP contribution in [0.3, 0.4) is 0 Å². The Kier molecular flexibility index (Phi) is 7.63. The van der Waals surface area contributed by atoms with E-state index < -0.39 is 0 Å². The van der Waals surface area contributed by atoms with Crippen LogP contribution in [0, 0.1) is 5.92 Å². The van der Waals surface area contributed by atoms with Crippen LogP contribution in [0.4, 0.5) is 5.69 Å². The molecule has 1 aliphatic heterocycles. The molecule has 112 valence electrons. The van der Waals surface area contributed by atoms with Gasteiger partial charge in [-0.25, -0.2) is 0 Å². The lowest BCUT2D eigenvalue weighted by Crippen LogP contribution is -2.24. The largest absolute Gasteiger partial charge is 0.326 e. The second kappa shape index (κ2) is 8.98. The molecule has 1 amide bonds. The number of anilines is 1. The van der Waals surface area contributed by atoms with E-state index >= 15 is 0 Å². The van der Waals surface area contributed by atoms with Crippen molar-refractivity contribution in [2.45, 2.75) is 39.0 Å². The lowest BCUT2D eigenvalue weighted by molar-refractivity contribution is -0.119. The average Bonchev–Trinajstić information content (AvgIpc) is 2.95. The Morgan fingerprint density at radius 2 is 2.05 bits per heavy atom. The second-order valence-electron chi connectivity index (χ2n) is 5.33. The molecule has 1 heterocycles. The van der Waals surface area contributed by atoms with Crippen LogP contribution >= 0.6 is 12.4 Å². The van der Waals surface area contributed by atoms with Crippen LogP contribution in [0.2, 0.25) is 0 Å². The highest BCUT2D eigenvalue weighted by atomic mass is 35.5. The van der Waals surface area contributed by atoms with E-state index in [1.54, 1.807) is 0 Å². The first-order chi connectivity index (χ1) is 9.29. The predicted octanol–water partition coefficient (Wildman–Crippen LogP) is 3.39. The lowest BCUT2D eigenvalue weighted by Gasteiger charge is -2.10. The summed E-state index contributed by atoms with van der Waals surface area (Å²) in [7, 11) is 0. The first-order valence-corrected chi connectivity index (χ1v) is 7.40. The van der Waals surface area contributed by atoms with Gasteiger partial charge >= 0.3 is 0 Å². The van der Waals surface area contributed by atoms with Crippen LogP contribution in [0.15, 0.2) is 24.3 Å². The Labute approximate surface area is 127 Å². The van der Waals surface area contributed by atoms with E-state index in [4.69, 9.17) is 0 Å². The molecule has 1 aliphatic rings. The van der Waals surface area contributed by atoms with E-state index in [-0.39, 0.29) is 24.2 Å². The fourth-order valence-corrected chi connectivity index (χ4v) is 2.46. The van der Waals surface area contributed by atoms with Crippen molar-refractivity contribution in [2.24, 2.45) is 5.92 Å². The number of nitrogens with one attached hydrogen (secondary N) is 2. The number of hydrogen-bond donors (Lipinski definition) is 2. The van der Waals surface area contributed by atoms with E-state index in [0.29, 0.717) is 0 Å². The summed E-state index contributed by atoms with van der Waals surface area (Å²) < 4.78 is 0. The number of rotatable bonds is 6. The van der Waals surface area contributed by atoms with Crippen molar-refractivity contribution in [2.75, 3.05) is 18.4 Å². The van der Waals surface area contributed by atoms with Crippen LogP contribution in [0.5, 0.6) is 0 Å². The molecule has 0 aromatic heterocycles. The highest BCUT2D eigenvalue weighted by Gasteiger charge is 2.22. The third-order valence-electron chi connectivity index (χ3n) is 3.72. The summed E-state index contributed by atoms with van der Waals surface area (Å²) in [6, 6.07) is 8.28. The molecule has 0 bridgehead atoms. The minimum Gasteiger partial charge on any atom is -0.326 e. The molecule has 20 heavy (non-hydrogen) atoms. The summed E-state index contributed by atoms with van der Waals surface area (Å²) in [5.74, 6) is 0.271. The summed E-state index contributed by atoms with van der Waals surface area (Å²) in [6.07, 6.45) is 5.86. The molecule has 0 spiro atoms. The Bertz CT molecular complexity index is 399. The van der Waals surface area contributed by atoms with Gasteiger partial charge in [-0.1, -0.05) is 31.9 Å². The monoisotopic (exact) mass is 296 g/mol. The average molecular weight is 297 g/mol. The van der Waals surface area contributed by atoms with Crippen molar-refractivity contribution in [3.8, 4) is 0 Å². The maximum Gasteiger partial charge on any atom is 0.228 e. The molecule has 1 atom stereocenters. The van der Waals surface area contributed by atoms with E-state index in [0.717, 1.165) is 31.6 Å². The van der Waals surface area contributed by atoms with Crippen LogP contribution in [0.25, 0.3) is 0 Å². The molecule has 0 aliphatic carbocycles. The van der Waals surface area contributed by atoms with Gasteiger partial charge in [-0.2, -0.15) is 0 Å². The lowest BCUT2D eigenvalue weighted by atomic mass is 10.1. The quantitative estimate of drug-likeness (QED) is 0.790. The standard InChI is InChI=1S/C16H24N2O.ClH/c1-2-3-4-5-13-6-8-15(9-7-13)18-16(19)14-10-11-17-12-14;/h6-9,14,17H,2-5,10-12H2,1H3,(H,18,19);1H. The number of halogens is 1. The number of carbonyl (C=O) groups excluding carboxylic acids is 1. The maximum absolute atomic E-state index is 12.0. The Hall–Kier alpha value is -1.06. The van der Waals surface area contributed by atoms with Crippen molar-refractivity contribution in [3.05, 3.63) is 29.8 Å². The van der Waals surface area contributed by atoms with Gasteiger partial charge in [0.1, 0.15) is 0 Å². The smallest absolute Gasteiger partial charge is 0.228 e. The van der Waals surface area contributed by atoms with Crippen LogP contribution in [-0.4, -0.2) is 19.0 Å². The fraction of sp³-hybridized carbons (Fsp3) is 0.562. The van der Waals surface area contributed by atoms with Crippen molar-refractivity contribution < 1.29 is 4.79 Å². The minimum absolute atomic E-state index is 0. The van der Waals surface area contributed by atoms with Gasteiger partial charge in [-0.15, -0.1) is 12.4 Å². The maximum atomic E-state index is 12.0. The van der Waals surface area contributed by atoms with E-state index in [1.807, 2.05) is 12.1 Å². The van der Waals surface area contributed by atoms with E-state index in [9.17, 15) is 4.79 Å². The first kappa shape index (κ1) is 17.0. The van der Waals surface area contributed by atoms with Gasteiger partial charge in [0.2, 0.25) is 5.91 Å². The first-order valence-electron chi connectivity index (χ1n) is 7.40. The van der Waals surface area contributed by atoms with Crippen LogP contribution in [0.1, 0.15) is 38.2 Å². The van der Waals surface area contributed by atoms with Gasteiger partial charge in [0.05, 0.1) is 5.92 Å². The molecule has 1 saturated heterocycles. The van der Waals surface area contributed by atoms with Crippen molar-refractivity contribution in [1.29, 1.82) is 0 Å². The highest BCUT2D eigenvalue weighted by Crippen LogP contribution is 2.15. The number of carbonyl (C=O) groups is 1. The SMILES string of the molecule is CCCCCc1ccc(NC(=O)C2CCNC2)cc1.Cl. The Morgan fingerprint density at radius 3 is 2.65 bits per heavy atom. The molecule has 3 nitrogen and oxygen atoms in total. The van der Waals surface area contributed by atoms with Crippen LogP contribution in [-0.2, 0) is 11.2 Å². The zero-order chi connectivity index (χ0) is 13.5. The Balaban J connectivity index is 0.00000200. The molecular formula is C16H25ClN2O. The fourth-order valence-electron chi connectivity index (χ4n) is 2.46. The van der Waals surface area contributed by atoms with Crippen molar-refractivity contribution >= 4 is 24.0 Å². The summed E-state index contributed by atoms with van der Waals surface area (Å²) in [5, 5.41) is 6.22. The normalized spacial score (nSPS) is 17.6. The minimum atomic E-state index is 0. The molecule has 1 aromatic carbocycles. The van der Waals surface area contributed by atoms with Gasteiger partial charge in [0.15, 0.2) is 0 Å². The number of benzene rings is 1. The van der Waals surface area contributed by atoms with Crippen molar-refractivity contribution in [3.63, 3.8) is 0 Å². The number of aryl methyl sites for hydroxylation is 1. The summed E-state index contributed by atoms with van der Waals surface area (Å²) in [4.78, 5) is 12.0. The molecule has 1 unspecified atom stereocenters. The molecular weight excluding hydrogens is 272 g/mol. The predicted molar refractivity (Wildman–Crippen MR) is 86.5 cm³/mol. The zero-order valence-corrected chi connectivity index (χ0v) is 13.0. The second-order valence-corrected chi connectivity index (χ2v) is 5.33. The molecule has 0 radical (unpaired) electrons. The molecule has 1 fully saturated rings. The van der Waals surface area contributed by atoms with Crippen LogP contribution < -0.4 is 10.6 Å². The van der Waals surface area contributed by atoms with Gasteiger partial charge < -0.3 is 10.6 Å². The molecule has 2 N–H and O–H groups in total. The third-order valence-corrected chi connectivity index (χ3v) is 3.72. The van der Waals surface area contributed by atoms with Crippen molar-refractivity contribution in [1.82, 2.24) is 5.32 Å². The molecule has 2 rings (SSSR count). The van der Waals surface area contributed by atoms with Gasteiger partial charge in [0, 0.05) is 12.2 Å². The summed E-state index contributed by atoms with van der Waals surface area (Å²) in [5.41, 5.74) is 2.27. The number of hydrogen-bond acceptors (Lipinski definition) is 2. The topological polar surface area (TPSA) is 41.1 Å². The van der Waals surface area contributed by atoms with Gasteiger partial charge in [-0.05, 0) is 43.5 Å². The van der Waals surface area contributed by atoms with E-state index in [2.05, 4.69) is 29.7 Å². The van der Waals surface area contributed by atoms with Gasteiger partial charge in [-0.3, -0.25) is 4.79 Å². The Morgan fingerprint density at radius 1 is 1.30 bits per heavy atom. The summed E-state index contributed by atoms with van der Waals surface area (Å²) >= 11 is 0.